The number of aromatic hydroxyl groups is 1. The number of anilines is 1. The molecule has 0 amide bonds. The Morgan fingerprint density at radius 3 is 2.36 bits per heavy atom. The minimum Gasteiger partial charge on any atom is -0.505 e. The molecule has 3 N–H and O–H groups in total. The van der Waals surface area contributed by atoms with Crippen molar-refractivity contribution in [2.45, 2.75) is 31.5 Å². The number of rotatable bonds is 1. The third-order valence-electron chi connectivity index (χ3n) is 2.23. The van der Waals surface area contributed by atoms with Crippen LogP contribution in [0.4, 0.5) is 5.69 Å². The zero-order valence-corrected chi connectivity index (χ0v) is 10.4. The summed E-state index contributed by atoms with van der Waals surface area (Å²) in [5, 5.41) is 10.3. The van der Waals surface area contributed by atoms with Gasteiger partial charge in [-0.2, -0.15) is 0 Å². The van der Waals surface area contributed by atoms with E-state index in [2.05, 4.69) is 36.7 Å². The van der Waals surface area contributed by atoms with Gasteiger partial charge < -0.3 is 10.8 Å². The van der Waals surface area contributed by atoms with Gasteiger partial charge in [-0.05, 0) is 17.0 Å². The van der Waals surface area contributed by atoms with Crippen molar-refractivity contribution in [2.75, 3.05) is 5.73 Å². The molecule has 0 aliphatic carbocycles. The van der Waals surface area contributed by atoms with Crippen LogP contribution in [0.3, 0.4) is 0 Å². The zero-order valence-electron chi connectivity index (χ0n) is 8.76. The van der Waals surface area contributed by atoms with Crippen LogP contribution >= 0.6 is 15.9 Å². The number of nitrogens with two attached hydrogens (primary N) is 1. The molecule has 2 nitrogen and oxygen atoms in total. The number of benzene rings is 1. The number of alkyl halides is 1. The smallest absolute Gasteiger partial charge is 0.142 e. The van der Waals surface area contributed by atoms with Gasteiger partial charge >= 0.3 is 0 Å². The van der Waals surface area contributed by atoms with Crippen molar-refractivity contribution in [3.8, 4) is 5.75 Å². The molecule has 0 atom stereocenters. The second-order valence-corrected chi connectivity index (χ2v) is 5.02. The van der Waals surface area contributed by atoms with E-state index in [4.69, 9.17) is 5.73 Å². The fourth-order valence-corrected chi connectivity index (χ4v) is 1.68. The van der Waals surface area contributed by atoms with E-state index in [9.17, 15) is 5.11 Å². The lowest BCUT2D eigenvalue weighted by molar-refractivity contribution is 0.472. The van der Waals surface area contributed by atoms with E-state index in [0.29, 0.717) is 11.0 Å². The van der Waals surface area contributed by atoms with Gasteiger partial charge in [-0.15, -0.1) is 0 Å². The van der Waals surface area contributed by atoms with E-state index in [1.165, 1.54) is 0 Å². The molecule has 0 aromatic heterocycles. The van der Waals surface area contributed by atoms with Crippen LogP contribution in [0.5, 0.6) is 5.75 Å². The number of phenolic OH excluding ortho intramolecular Hbond substituents is 1. The van der Waals surface area contributed by atoms with E-state index in [-0.39, 0.29) is 11.2 Å². The van der Waals surface area contributed by atoms with Gasteiger partial charge in [-0.3, -0.25) is 0 Å². The first-order valence-corrected chi connectivity index (χ1v) is 5.66. The molecule has 0 aliphatic rings. The molecule has 3 heteroatoms. The molecular weight excluding hydrogens is 242 g/mol. The molecule has 0 radical (unpaired) electrons. The van der Waals surface area contributed by atoms with Gasteiger partial charge in [0.1, 0.15) is 5.75 Å². The Morgan fingerprint density at radius 1 is 1.36 bits per heavy atom. The van der Waals surface area contributed by atoms with Crippen LogP contribution in [0.25, 0.3) is 0 Å². The highest BCUT2D eigenvalue weighted by Gasteiger charge is 2.17. The Hall–Kier alpha value is -0.700. The Kier molecular flexibility index (Phi) is 3.10. The Bertz CT molecular complexity index is 342. The maximum absolute atomic E-state index is 9.63. The van der Waals surface area contributed by atoms with E-state index < -0.39 is 0 Å². The Balaban J connectivity index is 3.30. The highest BCUT2D eigenvalue weighted by molar-refractivity contribution is 9.08. The number of hydrogen-bond donors (Lipinski definition) is 2. The second kappa shape index (κ2) is 3.81. The van der Waals surface area contributed by atoms with Crippen molar-refractivity contribution in [1.82, 2.24) is 0 Å². The summed E-state index contributed by atoms with van der Waals surface area (Å²) >= 11 is 3.33. The molecule has 78 valence electrons. The number of halogens is 1. The second-order valence-electron chi connectivity index (χ2n) is 4.46. The predicted molar refractivity (Wildman–Crippen MR) is 63.9 cm³/mol. The maximum atomic E-state index is 9.63. The fourth-order valence-electron chi connectivity index (χ4n) is 1.25. The SMILES string of the molecule is CC(C)(C)c1cc(N)c(O)c(CBr)c1. The molecule has 0 unspecified atom stereocenters. The van der Waals surface area contributed by atoms with Crippen LogP contribution in [-0.4, -0.2) is 5.11 Å². The zero-order chi connectivity index (χ0) is 10.9. The normalized spacial score (nSPS) is 11.7. The third kappa shape index (κ3) is 2.21. The van der Waals surface area contributed by atoms with Crippen LogP contribution in [0.2, 0.25) is 0 Å². The molecule has 0 spiro atoms. The third-order valence-corrected chi connectivity index (χ3v) is 2.83. The van der Waals surface area contributed by atoms with Crippen LogP contribution in [0, 0.1) is 0 Å². The Labute approximate surface area is 93.3 Å². The average Bonchev–Trinajstić information content (AvgIpc) is 2.07. The molecule has 1 aromatic rings. The van der Waals surface area contributed by atoms with Crippen molar-refractivity contribution in [3.05, 3.63) is 23.3 Å². The van der Waals surface area contributed by atoms with Crippen LogP contribution < -0.4 is 5.73 Å². The molecule has 0 aliphatic heterocycles. The van der Waals surface area contributed by atoms with E-state index in [0.717, 1.165) is 11.1 Å². The van der Waals surface area contributed by atoms with Gasteiger partial charge in [0.15, 0.2) is 0 Å². The number of nitrogen functional groups attached to an aromatic ring is 1. The lowest BCUT2D eigenvalue weighted by Crippen LogP contribution is -2.12. The van der Waals surface area contributed by atoms with E-state index in [1.807, 2.05) is 12.1 Å². The standard InChI is InChI=1S/C11H16BrNO/c1-11(2,3)8-4-7(6-12)10(14)9(13)5-8/h4-5,14H,6,13H2,1-3H3. The molecule has 0 saturated heterocycles. The Morgan fingerprint density at radius 2 is 1.93 bits per heavy atom. The molecule has 0 heterocycles. The highest BCUT2D eigenvalue weighted by atomic mass is 79.9. The maximum Gasteiger partial charge on any atom is 0.142 e. The molecule has 0 fully saturated rings. The largest absolute Gasteiger partial charge is 0.505 e. The first-order chi connectivity index (χ1) is 6.36. The minimum atomic E-state index is 0.0543. The first-order valence-electron chi connectivity index (χ1n) is 4.54. The van der Waals surface area contributed by atoms with Gasteiger partial charge in [0.25, 0.3) is 0 Å². The van der Waals surface area contributed by atoms with Crippen molar-refractivity contribution in [1.29, 1.82) is 0 Å². The lowest BCUT2D eigenvalue weighted by atomic mass is 9.86. The number of hydrogen-bond acceptors (Lipinski definition) is 2. The van der Waals surface area contributed by atoms with Crippen molar-refractivity contribution in [3.63, 3.8) is 0 Å². The van der Waals surface area contributed by atoms with Crippen molar-refractivity contribution < 1.29 is 5.11 Å². The molecule has 1 rings (SSSR count). The van der Waals surface area contributed by atoms with E-state index in [1.54, 1.807) is 0 Å². The fraction of sp³-hybridized carbons (Fsp3) is 0.455. The van der Waals surface area contributed by atoms with Crippen LogP contribution in [0.1, 0.15) is 31.9 Å². The molecule has 0 bridgehead atoms. The molecule has 1 aromatic carbocycles. The average molecular weight is 258 g/mol. The van der Waals surface area contributed by atoms with Crippen LogP contribution in [-0.2, 0) is 10.7 Å². The first kappa shape index (κ1) is 11.4. The van der Waals surface area contributed by atoms with Gasteiger partial charge in [-0.1, -0.05) is 42.8 Å². The summed E-state index contributed by atoms with van der Waals surface area (Å²) in [5.74, 6) is 0.190. The summed E-state index contributed by atoms with van der Waals surface area (Å²) in [6, 6.07) is 3.82. The summed E-state index contributed by atoms with van der Waals surface area (Å²) in [6.07, 6.45) is 0. The molecular formula is C11H16BrNO. The molecule has 14 heavy (non-hydrogen) atoms. The highest BCUT2D eigenvalue weighted by Crippen LogP contribution is 2.33. The van der Waals surface area contributed by atoms with Crippen molar-refractivity contribution in [2.24, 2.45) is 0 Å². The molecule has 0 saturated carbocycles. The monoisotopic (exact) mass is 257 g/mol. The summed E-state index contributed by atoms with van der Waals surface area (Å²) in [4.78, 5) is 0. The summed E-state index contributed by atoms with van der Waals surface area (Å²) in [7, 11) is 0. The lowest BCUT2D eigenvalue weighted by Gasteiger charge is -2.21. The predicted octanol–water partition coefficient (Wildman–Crippen LogP) is 3.17. The van der Waals surface area contributed by atoms with E-state index >= 15 is 0 Å². The van der Waals surface area contributed by atoms with Gasteiger partial charge in [0.05, 0.1) is 5.69 Å². The summed E-state index contributed by atoms with van der Waals surface area (Å²) < 4.78 is 0. The van der Waals surface area contributed by atoms with Gasteiger partial charge in [0, 0.05) is 10.9 Å². The van der Waals surface area contributed by atoms with Crippen LogP contribution in [0.15, 0.2) is 12.1 Å². The van der Waals surface area contributed by atoms with Gasteiger partial charge in [-0.25, -0.2) is 0 Å². The van der Waals surface area contributed by atoms with Crippen molar-refractivity contribution >= 4 is 21.6 Å². The minimum absolute atomic E-state index is 0.0543. The van der Waals surface area contributed by atoms with Gasteiger partial charge in [0.2, 0.25) is 0 Å². The number of phenols is 1. The summed E-state index contributed by atoms with van der Waals surface area (Å²) in [6.45, 7) is 6.37. The quantitative estimate of drug-likeness (QED) is 0.461. The topological polar surface area (TPSA) is 46.2 Å². The summed E-state index contributed by atoms with van der Waals surface area (Å²) in [5.41, 5.74) is 8.21.